The van der Waals surface area contributed by atoms with Crippen LogP contribution in [-0.2, 0) is 0 Å². The molecule has 0 fully saturated rings. The fourth-order valence-electron chi connectivity index (χ4n) is 1.01. The quantitative estimate of drug-likeness (QED) is 0.811. The van der Waals surface area contributed by atoms with Crippen LogP contribution >= 0.6 is 0 Å². The summed E-state index contributed by atoms with van der Waals surface area (Å²) >= 11 is 0. The summed E-state index contributed by atoms with van der Waals surface area (Å²) in [5.41, 5.74) is 5.89. The zero-order chi connectivity index (χ0) is 12.2. The van der Waals surface area contributed by atoms with E-state index in [2.05, 4.69) is 0 Å². The minimum absolute atomic E-state index is 0.185. The minimum atomic E-state index is -4.24. The van der Waals surface area contributed by atoms with Crippen molar-refractivity contribution < 1.29 is 17.9 Å². The lowest BCUT2D eigenvalue weighted by molar-refractivity contribution is -0.139. The zero-order valence-electron chi connectivity index (χ0n) is 8.21. The predicted molar refractivity (Wildman–Crippen MR) is 51.7 cm³/mol. The van der Waals surface area contributed by atoms with Crippen LogP contribution < -0.4 is 10.5 Å². The lowest BCUT2D eigenvalue weighted by atomic mass is 10.2. The Morgan fingerprint density at radius 3 is 2.62 bits per heavy atom. The Bertz CT molecular complexity index is 410. The number of ether oxygens (including phenoxy) is 1. The molecule has 0 radical (unpaired) electrons. The van der Waals surface area contributed by atoms with Gasteiger partial charge in [0.25, 0.3) is 0 Å². The molecule has 2 N–H and O–H groups in total. The van der Waals surface area contributed by atoms with Crippen molar-refractivity contribution in [3.05, 3.63) is 23.8 Å². The van der Waals surface area contributed by atoms with E-state index < -0.39 is 19.2 Å². The summed E-state index contributed by atoms with van der Waals surface area (Å²) in [7, 11) is 0. The number of rotatable bonds is 3. The summed E-state index contributed by atoms with van der Waals surface area (Å²) in [4.78, 5) is 0. The Morgan fingerprint density at radius 1 is 1.38 bits per heavy atom. The number of nitriles is 1. The van der Waals surface area contributed by atoms with E-state index in [9.17, 15) is 13.2 Å². The first-order valence-corrected chi connectivity index (χ1v) is 4.41. The van der Waals surface area contributed by atoms with Crippen LogP contribution in [0, 0.1) is 11.3 Å². The van der Waals surface area contributed by atoms with Crippen LogP contribution in [-0.4, -0.2) is 12.8 Å². The second kappa shape index (κ2) is 4.75. The molecule has 0 aliphatic carbocycles. The molecule has 3 nitrogen and oxygen atoms in total. The smallest absolute Gasteiger partial charge is 0.392 e. The molecule has 1 aromatic carbocycles. The van der Waals surface area contributed by atoms with Gasteiger partial charge in [-0.3, -0.25) is 0 Å². The van der Waals surface area contributed by atoms with E-state index in [0.29, 0.717) is 0 Å². The number of hydrogen-bond donors (Lipinski definition) is 1. The van der Waals surface area contributed by atoms with Gasteiger partial charge in [0, 0.05) is 5.69 Å². The summed E-state index contributed by atoms with van der Waals surface area (Å²) in [6.45, 7) is -0.474. The van der Waals surface area contributed by atoms with Crippen LogP contribution in [0.1, 0.15) is 12.0 Å². The van der Waals surface area contributed by atoms with E-state index in [4.69, 9.17) is 15.7 Å². The zero-order valence-corrected chi connectivity index (χ0v) is 8.21. The predicted octanol–water partition coefficient (Wildman–Crippen LogP) is 2.47. The molecule has 0 bridgehead atoms. The standard InChI is InChI=1S/C10H9F3N2O/c11-10(12,13)3-4-16-8-1-2-9(15)7(5-8)6-14/h1-2,5H,3-4,15H2. The number of nitrogen functional groups attached to an aromatic ring is 1. The van der Waals surface area contributed by atoms with E-state index in [1.54, 1.807) is 0 Å². The molecule has 0 atom stereocenters. The topological polar surface area (TPSA) is 59.0 Å². The van der Waals surface area contributed by atoms with Crippen molar-refractivity contribution in [2.24, 2.45) is 0 Å². The molecule has 16 heavy (non-hydrogen) atoms. The molecule has 1 rings (SSSR count). The Balaban J connectivity index is 2.59. The molecule has 0 amide bonds. The number of hydrogen-bond acceptors (Lipinski definition) is 3. The van der Waals surface area contributed by atoms with E-state index in [1.807, 2.05) is 6.07 Å². The molecular weight excluding hydrogens is 221 g/mol. The van der Waals surface area contributed by atoms with Crippen LogP contribution in [0.4, 0.5) is 18.9 Å². The molecular formula is C10H9F3N2O. The van der Waals surface area contributed by atoms with Gasteiger partial charge in [0.15, 0.2) is 0 Å². The average molecular weight is 230 g/mol. The molecule has 0 aliphatic heterocycles. The molecule has 0 saturated carbocycles. The largest absolute Gasteiger partial charge is 0.493 e. The van der Waals surface area contributed by atoms with E-state index in [-0.39, 0.29) is 17.0 Å². The first-order chi connectivity index (χ1) is 7.42. The lowest BCUT2D eigenvalue weighted by Crippen LogP contribution is -2.13. The van der Waals surface area contributed by atoms with Gasteiger partial charge in [-0.1, -0.05) is 0 Å². The highest BCUT2D eigenvalue weighted by atomic mass is 19.4. The molecule has 86 valence electrons. The van der Waals surface area contributed by atoms with Gasteiger partial charge in [0.1, 0.15) is 11.8 Å². The summed E-state index contributed by atoms with van der Waals surface area (Å²) in [6.07, 6.45) is -5.27. The van der Waals surface area contributed by atoms with Crippen molar-refractivity contribution in [2.75, 3.05) is 12.3 Å². The highest BCUT2D eigenvalue weighted by molar-refractivity contribution is 5.56. The van der Waals surface area contributed by atoms with Crippen LogP contribution in [0.15, 0.2) is 18.2 Å². The fourth-order valence-corrected chi connectivity index (χ4v) is 1.01. The number of nitrogens with zero attached hydrogens (tertiary/aromatic N) is 1. The molecule has 6 heteroatoms. The van der Waals surface area contributed by atoms with Crippen LogP contribution in [0.25, 0.3) is 0 Å². The maximum Gasteiger partial charge on any atom is 0.392 e. The summed E-state index contributed by atoms with van der Waals surface area (Å²) in [5.74, 6) is 0.204. The van der Waals surface area contributed by atoms with Gasteiger partial charge in [-0.25, -0.2) is 0 Å². The van der Waals surface area contributed by atoms with Crippen molar-refractivity contribution >= 4 is 5.69 Å². The van der Waals surface area contributed by atoms with Crippen molar-refractivity contribution in [3.8, 4) is 11.8 Å². The highest BCUT2D eigenvalue weighted by Gasteiger charge is 2.26. The van der Waals surface area contributed by atoms with Gasteiger partial charge in [-0.05, 0) is 18.2 Å². The van der Waals surface area contributed by atoms with Crippen molar-refractivity contribution in [3.63, 3.8) is 0 Å². The maximum absolute atomic E-state index is 11.8. The first-order valence-electron chi connectivity index (χ1n) is 4.41. The third kappa shape index (κ3) is 3.69. The third-order valence-electron chi connectivity index (χ3n) is 1.80. The lowest BCUT2D eigenvalue weighted by Gasteiger charge is -2.09. The van der Waals surface area contributed by atoms with E-state index in [1.165, 1.54) is 18.2 Å². The maximum atomic E-state index is 11.8. The molecule has 1 aromatic rings. The molecule has 0 unspecified atom stereocenters. The van der Waals surface area contributed by atoms with Gasteiger partial charge < -0.3 is 10.5 Å². The monoisotopic (exact) mass is 230 g/mol. The number of anilines is 1. The van der Waals surface area contributed by atoms with Gasteiger partial charge in [0.2, 0.25) is 0 Å². The SMILES string of the molecule is N#Cc1cc(OCCC(F)(F)F)ccc1N. The van der Waals surface area contributed by atoms with Crippen LogP contribution in [0.2, 0.25) is 0 Å². The average Bonchev–Trinajstić information content (AvgIpc) is 2.18. The molecule has 0 aliphatic rings. The van der Waals surface area contributed by atoms with Crippen LogP contribution in [0.5, 0.6) is 5.75 Å². The highest BCUT2D eigenvalue weighted by Crippen LogP contribution is 2.22. The number of nitrogens with two attached hydrogens (primary N) is 1. The molecule has 0 heterocycles. The van der Waals surface area contributed by atoms with Crippen molar-refractivity contribution in [1.82, 2.24) is 0 Å². The van der Waals surface area contributed by atoms with Crippen molar-refractivity contribution in [2.45, 2.75) is 12.6 Å². The van der Waals surface area contributed by atoms with Gasteiger partial charge >= 0.3 is 6.18 Å². The second-order valence-electron chi connectivity index (χ2n) is 3.07. The van der Waals surface area contributed by atoms with E-state index in [0.717, 1.165) is 0 Å². The third-order valence-corrected chi connectivity index (χ3v) is 1.80. The Hall–Kier alpha value is -1.90. The van der Waals surface area contributed by atoms with Gasteiger partial charge in [-0.2, -0.15) is 18.4 Å². The molecule has 0 spiro atoms. The second-order valence-corrected chi connectivity index (χ2v) is 3.07. The summed E-state index contributed by atoms with van der Waals surface area (Å²) in [5, 5.41) is 8.63. The van der Waals surface area contributed by atoms with Gasteiger partial charge in [-0.15, -0.1) is 0 Å². The Kier molecular flexibility index (Phi) is 3.61. The number of alkyl halides is 3. The minimum Gasteiger partial charge on any atom is -0.493 e. The summed E-state index contributed by atoms with van der Waals surface area (Å²) < 4.78 is 40.3. The van der Waals surface area contributed by atoms with Gasteiger partial charge in [0.05, 0.1) is 18.6 Å². The molecule has 0 aromatic heterocycles. The normalized spacial score (nSPS) is 10.9. The first kappa shape index (κ1) is 12.2. The van der Waals surface area contributed by atoms with Crippen molar-refractivity contribution in [1.29, 1.82) is 5.26 Å². The number of halogens is 3. The fraction of sp³-hybridized carbons (Fsp3) is 0.300. The molecule has 0 saturated heterocycles. The Morgan fingerprint density at radius 2 is 2.06 bits per heavy atom. The summed E-state index contributed by atoms with van der Waals surface area (Å²) in [6, 6.07) is 5.97. The number of benzene rings is 1. The van der Waals surface area contributed by atoms with E-state index >= 15 is 0 Å². The Labute approximate surface area is 90.2 Å². The van der Waals surface area contributed by atoms with Crippen LogP contribution in [0.3, 0.4) is 0 Å².